The third kappa shape index (κ3) is 2.37. The number of allylic oxidation sites excluding steroid dienone is 3. The molecule has 4 rings (SSSR count). The predicted molar refractivity (Wildman–Crippen MR) is 86.5 cm³/mol. The molecule has 1 aromatic carbocycles. The van der Waals surface area contributed by atoms with E-state index < -0.39 is 0 Å². The van der Waals surface area contributed by atoms with Gasteiger partial charge in [-0.25, -0.2) is 5.10 Å². The van der Waals surface area contributed by atoms with Crippen molar-refractivity contribution in [3.8, 4) is 11.3 Å². The van der Waals surface area contributed by atoms with Crippen LogP contribution in [0.15, 0.2) is 59.1 Å². The summed E-state index contributed by atoms with van der Waals surface area (Å²) in [7, 11) is 0. The molecule has 0 fully saturated rings. The summed E-state index contributed by atoms with van der Waals surface area (Å²) in [6.45, 7) is 2.12. The number of benzene rings is 1. The van der Waals surface area contributed by atoms with E-state index in [0.717, 1.165) is 37.2 Å². The standard InChI is InChI=1S/C18H17N3O/c22-18-7-6-17(19-20-18)15-5-4-13-8-10-21(16-2-1-3-16)11-9-14(13)12-15/h1-7,12H,8-11H2,(H,20,22). The number of hydrogen-bond acceptors (Lipinski definition) is 3. The first-order chi connectivity index (χ1) is 10.8. The fourth-order valence-corrected chi connectivity index (χ4v) is 3.04. The van der Waals surface area contributed by atoms with E-state index in [1.807, 2.05) is 0 Å². The van der Waals surface area contributed by atoms with E-state index in [2.05, 4.69) is 51.5 Å². The smallest absolute Gasteiger partial charge is 0.264 e. The Bertz CT molecular complexity index is 812. The molecular weight excluding hydrogens is 274 g/mol. The van der Waals surface area contributed by atoms with Crippen LogP contribution in [-0.4, -0.2) is 28.2 Å². The molecule has 1 aliphatic heterocycles. The van der Waals surface area contributed by atoms with E-state index in [0.29, 0.717) is 0 Å². The van der Waals surface area contributed by atoms with Gasteiger partial charge in [0.2, 0.25) is 0 Å². The van der Waals surface area contributed by atoms with Crippen molar-refractivity contribution in [3.05, 3.63) is 75.7 Å². The van der Waals surface area contributed by atoms with Crippen LogP contribution in [0.5, 0.6) is 0 Å². The van der Waals surface area contributed by atoms with Crippen molar-refractivity contribution in [1.82, 2.24) is 15.1 Å². The minimum absolute atomic E-state index is 0.170. The highest BCUT2D eigenvalue weighted by Crippen LogP contribution is 2.25. The van der Waals surface area contributed by atoms with E-state index in [1.165, 1.54) is 22.9 Å². The third-order valence-corrected chi connectivity index (χ3v) is 4.38. The number of hydrogen-bond donors (Lipinski definition) is 1. The van der Waals surface area contributed by atoms with Crippen LogP contribution in [0.2, 0.25) is 0 Å². The Morgan fingerprint density at radius 1 is 1.05 bits per heavy atom. The molecule has 2 heterocycles. The van der Waals surface area contributed by atoms with Crippen molar-refractivity contribution in [1.29, 1.82) is 0 Å². The van der Waals surface area contributed by atoms with Crippen LogP contribution < -0.4 is 5.56 Å². The van der Waals surface area contributed by atoms with Gasteiger partial charge in [-0.15, -0.1) is 0 Å². The van der Waals surface area contributed by atoms with Gasteiger partial charge < -0.3 is 4.90 Å². The number of fused-ring (bicyclic) bond motifs is 1. The van der Waals surface area contributed by atoms with Gasteiger partial charge in [-0.1, -0.05) is 18.2 Å². The van der Waals surface area contributed by atoms with E-state index in [-0.39, 0.29) is 5.56 Å². The molecule has 22 heavy (non-hydrogen) atoms. The Balaban J connectivity index is 1.61. The minimum Gasteiger partial charge on any atom is -0.371 e. The number of nitrogens with zero attached hydrogens (tertiary/aromatic N) is 2. The molecule has 2 aromatic rings. The number of rotatable bonds is 2. The summed E-state index contributed by atoms with van der Waals surface area (Å²) in [5, 5.41) is 6.62. The summed E-state index contributed by atoms with van der Waals surface area (Å²) in [6, 6.07) is 9.80. The van der Waals surface area contributed by atoms with Crippen molar-refractivity contribution in [2.75, 3.05) is 13.1 Å². The topological polar surface area (TPSA) is 49.0 Å². The Kier molecular flexibility index (Phi) is 3.15. The van der Waals surface area contributed by atoms with Crippen LogP contribution in [0.4, 0.5) is 0 Å². The van der Waals surface area contributed by atoms with Crippen LogP contribution >= 0.6 is 0 Å². The van der Waals surface area contributed by atoms with Gasteiger partial charge in [0, 0.05) is 30.4 Å². The highest BCUT2D eigenvalue weighted by molar-refractivity contribution is 5.60. The number of aromatic amines is 1. The molecule has 0 spiro atoms. The molecule has 0 saturated carbocycles. The van der Waals surface area contributed by atoms with Crippen molar-refractivity contribution in [3.63, 3.8) is 0 Å². The molecule has 110 valence electrons. The zero-order chi connectivity index (χ0) is 14.9. The highest BCUT2D eigenvalue weighted by Gasteiger charge is 2.17. The fraction of sp³-hybridized carbons (Fsp3) is 0.222. The van der Waals surface area contributed by atoms with Crippen LogP contribution in [-0.2, 0) is 12.8 Å². The first-order valence-corrected chi connectivity index (χ1v) is 7.61. The van der Waals surface area contributed by atoms with Gasteiger partial charge in [0.05, 0.1) is 5.69 Å². The molecule has 0 bridgehead atoms. The second-order valence-electron chi connectivity index (χ2n) is 5.73. The first kappa shape index (κ1) is 13.1. The lowest BCUT2D eigenvalue weighted by Crippen LogP contribution is -2.26. The van der Waals surface area contributed by atoms with Gasteiger partial charge >= 0.3 is 0 Å². The maximum Gasteiger partial charge on any atom is 0.264 e. The van der Waals surface area contributed by atoms with Crippen molar-refractivity contribution >= 4 is 0 Å². The third-order valence-electron chi connectivity index (χ3n) is 4.38. The summed E-state index contributed by atoms with van der Waals surface area (Å²) in [4.78, 5) is 13.6. The number of aromatic nitrogens is 2. The maximum absolute atomic E-state index is 11.1. The summed E-state index contributed by atoms with van der Waals surface area (Å²) in [6.07, 6.45) is 8.54. The van der Waals surface area contributed by atoms with Crippen LogP contribution in [0.3, 0.4) is 0 Å². The average Bonchev–Trinajstić information content (AvgIpc) is 2.69. The summed E-state index contributed by atoms with van der Waals surface area (Å²) in [5.74, 6) is 0. The van der Waals surface area contributed by atoms with Crippen LogP contribution in [0.1, 0.15) is 11.1 Å². The van der Waals surface area contributed by atoms with Gasteiger partial charge in [-0.05, 0) is 48.3 Å². The van der Waals surface area contributed by atoms with Gasteiger partial charge in [0.15, 0.2) is 0 Å². The monoisotopic (exact) mass is 291 g/mol. The van der Waals surface area contributed by atoms with Gasteiger partial charge in [-0.3, -0.25) is 4.79 Å². The molecule has 0 amide bonds. The lowest BCUT2D eigenvalue weighted by Gasteiger charge is -2.26. The summed E-state index contributed by atoms with van der Waals surface area (Å²) < 4.78 is 0. The van der Waals surface area contributed by atoms with Crippen LogP contribution in [0.25, 0.3) is 11.3 Å². The van der Waals surface area contributed by atoms with Gasteiger partial charge in [0.25, 0.3) is 5.56 Å². The van der Waals surface area contributed by atoms with Crippen LogP contribution in [0, 0.1) is 0 Å². The summed E-state index contributed by atoms with van der Waals surface area (Å²) >= 11 is 0. The van der Waals surface area contributed by atoms with Gasteiger partial charge in [0.1, 0.15) is 0 Å². The van der Waals surface area contributed by atoms with E-state index in [9.17, 15) is 4.79 Å². The average molecular weight is 291 g/mol. The molecule has 1 aliphatic carbocycles. The van der Waals surface area contributed by atoms with E-state index in [1.54, 1.807) is 6.07 Å². The van der Waals surface area contributed by atoms with Crippen molar-refractivity contribution < 1.29 is 0 Å². The Hall–Kier alpha value is -2.62. The molecule has 4 nitrogen and oxygen atoms in total. The lowest BCUT2D eigenvalue weighted by atomic mass is 9.99. The second-order valence-corrected chi connectivity index (χ2v) is 5.73. The number of nitrogens with one attached hydrogen (secondary N) is 1. The van der Waals surface area contributed by atoms with Crippen molar-refractivity contribution in [2.45, 2.75) is 12.8 Å². The second kappa shape index (κ2) is 5.30. The lowest BCUT2D eigenvalue weighted by molar-refractivity contribution is 0.370. The SMILES string of the molecule is O=c1ccc(-c2ccc3c(c2)CCN(C2=CC=C2)CC3)n[nH]1. The Labute approximate surface area is 128 Å². The predicted octanol–water partition coefficient (Wildman–Crippen LogP) is 2.29. The Morgan fingerprint density at radius 2 is 1.86 bits per heavy atom. The number of H-pyrrole nitrogens is 1. The minimum atomic E-state index is -0.170. The molecule has 4 heteroatoms. The molecule has 0 atom stereocenters. The van der Waals surface area contributed by atoms with E-state index >= 15 is 0 Å². The molecule has 0 saturated heterocycles. The van der Waals surface area contributed by atoms with Crippen molar-refractivity contribution in [2.24, 2.45) is 0 Å². The summed E-state index contributed by atoms with van der Waals surface area (Å²) in [5.41, 5.74) is 5.85. The molecule has 0 unspecified atom stereocenters. The zero-order valence-corrected chi connectivity index (χ0v) is 12.2. The van der Waals surface area contributed by atoms with Gasteiger partial charge in [-0.2, -0.15) is 5.10 Å². The largest absolute Gasteiger partial charge is 0.371 e. The zero-order valence-electron chi connectivity index (χ0n) is 12.2. The maximum atomic E-state index is 11.1. The molecular formula is C18H17N3O. The molecule has 2 aliphatic rings. The quantitative estimate of drug-likeness (QED) is 0.923. The Morgan fingerprint density at radius 3 is 2.55 bits per heavy atom. The highest BCUT2D eigenvalue weighted by atomic mass is 16.1. The van der Waals surface area contributed by atoms with E-state index in [4.69, 9.17) is 0 Å². The first-order valence-electron chi connectivity index (χ1n) is 7.61. The molecule has 1 N–H and O–H groups in total. The normalized spacial score (nSPS) is 16.5. The fourth-order valence-electron chi connectivity index (χ4n) is 3.04. The molecule has 1 aromatic heterocycles. The molecule has 0 radical (unpaired) electrons.